The maximum absolute atomic E-state index is 14.6. The first-order chi connectivity index (χ1) is 12.9. The van der Waals surface area contributed by atoms with Gasteiger partial charge in [0.15, 0.2) is 0 Å². The summed E-state index contributed by atoms with van der Waals surface area (Å²) in [6.45, 7) is 0.255. The fourth-order valence-electron chi connectivity index (χ4n) is 2.96. The third-order valence-corrected chi connectivity index (χ3v) is 5.92. The average molecular weight is 392 g/mol. The number of carboxylic acids is 1. The number of thioether (sulfide) groups is 1. The summed E-state index contributed by atoms with van der Waals surface area (Å²) in [4.78, 5) is 16.5. The molecule has 0 amide bonds. The van der Waals surface area contributed by atoms with Gasteiger partial charge in [0, 0.05) is 30.8 Å². The maximum Gasteiger partial charge on any atom is 0.303 e. The topological polar surface area (TPSA) is 53.4 Å². The van der Waals surface area contributed by atoms with E-state index in [1.807, 2.05) is 12.1 Å². The molecule has 144 valence electrons. The highest BCUT2D eigenvalue weighted by Crippen LogP contribution is 2.36. The molecule has 1 saturated carbocycles. The van der Waals surface area contributed by atoms with Gasteiger partial charge < -0.3 is 10.0 Å². The lowest BCUT2D eigenvalue weighted by Gasteiger charge is -2.24. The number of carboxylic acid groups (broad SMARTS) is 1. The number of hydrogen-bond donors (Lipinski definition) is 1. The number of hydrogen-bond acceptors (Lipinski definition) is 4. The van der Waals surface area contributed by atoms with Crippen molar-refractivity contribution in [3.8, 4) is 11.3 Å². The Hall–Kier alpha value is -2.15. The summed E-state index contributed by atoms with van der Waals surface area (Å²) in [5.41, 5.74) is 0.782. The van der Waals surface area contributed by atoms with Crippen molar-refractivity contribution in [2.24, 2.45) is 0 Å². The number of carbonyl (C=O) groups is 1. The Morgan fingerprint density at radius 2 is 2.00 bits per heavy atom. The number of halogens is 2. The first-order valence-electron chi connectivity index (χ1n) is 9.00. The molecule has 7 heteroatoms. The lowest BCUT2D eigenvalue weighted by Crippen LogP contribution is -2.22. The van der Waals surface area contributed by atoms with Gasteiger partial charge in [0.1, 0.15) is 17.3 Å². The number of anilines is 1. The highest BCUT2D eigenvalue weighted by molar-refractivity contribution is 7.99. The Balaban J connectivity index is 1.77. The minimum Gasteiger partial charge on any atom is -0.481 e. The van der Waals surface area contributed by atoms with Crippen LogP contribution in [0.3, 0.4) is 0 Å². The molecule has 1 aliphatic rings. The van der Waals surface area contributed by atoms with Crippen molar-refractivity contribution in [2.75, 3.05) is 18.5 Å². The fraction of sp³-hybridized carbons (Fsp3) is 0.400. The highest BCUT2D eigenvalue weighted by Gasteiger charge is 2.20. The van der Waals surface area contributed by atoms with Crippen molar-refractivity contribution >= 4 is 23.4 Å². The maximum atomic E-state index is 14.6. The lowest BCUT2D eigenvalue weighted by molar-refractivity contribution is -0.137. The number of benzene rings is 1. The number of rotatable bonds is 8. The van der Waals surface area contributed by atoms with E-state index in [0.29, 0.717) is 22.9 Å². The van der Waals surface area contributed by atoms with E-state index in [2.05, 4.69) is 4.98 Å². The second kappa shape index (κ2) is 8.69. The third kappa shape index (κ3) is 4.97. The molecule has 1 aliphatic carbocycles. The molecular formula is C20H22F2N2O2S. The highest BCUT2D eigenvalue weighted by atomic mass is 32.2. The number of aromatic nitrogens is 1. The normalized spacial score (nSPS) is 14.0. The summed E-state index contributed by atoms with van der Waals surface area (Å²) in [5.74, 6) is -2.28. The predicted molar refractivity (Wildman–Crippen MR) is 103 cm³/mol. The molecule has 3 rings (SSSR count). The van der Waals surface area contributed by atoms with Gasteiger partial charge in [0.05, 0.1) is 10.7 Å². The molecule has 0 aliphatic heterocycles. The van der Waals surface area contributed by atoms with Gasteiger partial charge in [-0.2, -0.15) is 0 Å². The van der Waals surface area contributed by atoms with Crippen LogP contribution in [0.2, 0.25) is 0 Å². The largest absolute Gasteiger partial charge is 0.481 e. The van der Waals surface area contributed by atoms with Crippen LogP contribution in [-0.4, -0.2) is 34.9 Å². The molecule has 0 unspecified atom stereocenters. The fourth-order valence-corrected chi connectivity index (χ4v) is 4.18. The molecule has 0 bridgehead atoms. The number of aliphatic carboxylic acids is 1. The third-order valence-electron chi connectivity index (χ3n) is 4.64. The number of pyridine rings is 1. The van der Waals surface area contributed by atoms with Crippen molar-refractivity contribution in [2.45, 2.75) is 42.4 Å². The van der Waals surface area contributed by atoms with Crippen molar-refractivity contribution in [1.29, 1.82) is 0 Å². The van der Waals surface area contributed by atoms with E-state index >= 15 is 0 Å². The van der Waals surface area contributed by atoms with E-state index in [1.165, 1.54) is 36.3 Å². The average Bonchev–Trinajstić information content (AvgIpc) is 2.57. The van der Waals surface area contributed by atoms with Crippen molar-refractivity contribution in [1.82, 2.24) is 4.98 Å². The Bertz CT molecular complexity index is 804. The molecule has 0 spiro atoms. The molecule has 1 aromatic carbocycles. The molecule has 0 atom stereocenters. The van der Waals surface area contributed by atoms with Crippen molar-refractivity contribution < 1.29 is 18.7 Å². The van der Waals surface area contributed by atoms with Crippen molar-refractivity contribution in [3.05, 3.63) is 42.0 Å². The van der Waals surface area contributed by atoms with Gasteiger partial charge in [-0.1, -0.05) is 12.5 Å². The molecule has 4 nitrogen and oxygen atoms in total. The molecule has 1 aromatic heterocycles. The molecule has 1 fully saturated rings. The smallest absolute Gasteiger partial charge is 0.303 e. The van der Waals surface area contributed by atoms with Gasteiger partial charge in [-0.05, 0) is 43.5 Å². The summed E-state index contributed by atoms with van der Waals surface area (Å²) in [6, 6.07) is 8.09. The molecule has 2 aromatic rings. The van der Waals surface area contributed by atoms with Gasteiger partial charge >= 0.3 is 5.97 Å². The van der Waals surface area contributed by atoms with E-state index in [-0.39, 0.29) is 18.7 Å². The van der Waals surface area contributed by atoms with E-state index < -0.39 is 17.6 Å². The van der Waals surface area contributed by atoms with Crippen LogP contribution < -0.4 is 4.90 Å². The van der Waals surface area contributed by atoms with Gasteiger partial charge in [-0.25, -0.2) is 13.8 Å². The standard InChI is InChI=1S/C20H22F2N2O2S/c1-24(10-4-9-19(25)26)20-15(21)11-13(12-16(20)22)17-7-3-8-18(23-17)27-14-5-2-6-14/h3,7-8,11-12,14H,2,4-6,9-10H2,1H3,(H,25,26). The van der Waals surface area contributed by atoms with Gasteiger partial charge in [0.2, 0.25) is 0 Å². The van der Waals surface area contributed by atoms with Crippen LogP contribution in [0.5, 0.6) is 0 Å². The lowest BCUT2D eigenvalue weighted by atomic mass is 10.0. The Morgan fingerprint density at radius 3 is 2.59 bits per heavy atom. The van der Waals surface area contributed by atoms with Gasteiger partial charge in [0.25, 0.3) is 0 Å². The van der Waals surface area contributed by atoms with Crippen LogP contribution in [-0.2, 0) is 4.79 Å². The molecule has 0 saturated heterocycles. The SMILES string of the molecule is CN(CCCC(=O)O)c1c(F)cc(-c2cccc(SC3CCC3)n2)cc1F. The Labute approximate surface area is 161 Å². The monoisotopic (exact) mass is 392 g/mol. The van der Waals surface area contributed by atoms with E-state index in [0.717, 1.165) is 5.03 Å². The van der Waals surface area contributed by atoms with E-state index in [4.69, 9.17) is 5.11 Å². The summed E-state index contributed by atoms with van der Waals surface area (Å²) in [5, 5.41) is 10.1. The quantitative estimate of drug-likeness (QED) is 0.687. The zero-order valence-electron chi connectivity index (χ0n) is 15.1. The molecule has 1 N–H and O–H groups in total. The van der Waals surface area contributed by atoms with Crippen LogP contribution in [0.15, 0.2) is 35.4 Å². The zero-order valence-corrected chi connectivity index (χ0v) is 15.9. The minimum atomic E-state index is -0.926. The van der Waals surface area contributed by atoms with Crippen LogP contribution in [0.1, 0.15) is 32.1 Å². The molecule has 27 heavy (non-hydrogen) atoms. The summed E-state index contributed by atoms with van der Waals surface area (Å²) >= 11 is 1.71. The van der Waals surface area contributed by atoms with Crippen LogP contribution in [0, 0.1) is 11.6 Å². The zero-order chi connectivity index (χ0) is 19.4. The molecule has 0 radical (unpaired) electrons. The Morgan fingerprint density at radius 1 is 1.30 bits per heavy atom. The summed E-state index contributed by atoms with van der Waals surface area (Å²) in [6.07, 6.45) is 3.89. The van der Waals surface area contributed by atoms with E-state index in [9.17, 15) is 13.6 Å². The molecular weight excluding hydrogens is 370 g/mol. The second-order valence-corrected chi connectivity index (χ2v) is 8.06. The van der Waals surface area contributed by atoms with E-state index in [1.54, 1.807) is 24.9 Å². The summed E-state index contributed by atoms with van der Waals surface area (Å²) < 4.78 is 29.2. The minimum absolute atomic E-state index is 0.0406. The number of nitrogens with zero attached hydrogens (tertiary/aromatic N) is 2. The van der Waals surface area contributed by atoms with Crippen LogP contribution >= 0.6 is 11.8 Å². The van der Waals surface area contributed by atoms with Crippen LogP contribution in [0.4, 0.5) is 14.5 Å². The Kier molecular flexibility index (Phi) is 6.31. The predicted octanol–water partition coefficient (Wildman–Crippen LogP) is 4.97. The first kappa shape index (κ1) is 19.6. The molecule has 1 heterocycles. The van der Waals surface area contributed by atoms with Gasteiger partial charge in [-0.15, -0.1) is 11.8 Å². The summed E-state index contributed by atoms with van der Waals surface area (Å²) in [7, 11) is 1.55. The van der Waals surface area contributed by atoms with Crippen LogP contribution in [0.25, 0.3) is 11.3 Å². The van der Waals surface area contributed by atoms with Crippen molar-refractivity contribution in [3.63, 3.8) is 0 Å². The second-order valence-electron chi connectivity index (χ2n) is 6.74. The van der Waals surface area contributed by atoms with Gasteiger partial charge in [-0.3, -0.25) is 4.79 Å². The first-order valence-corrected chi connectivity index (χ1v) is 9.88.